The summed E-state index contributed by atoms with van der Waals surface area (Å²) in [5.41, 5.74) is 0.955. The molecule has 0 radical (unpaired) electrons. The first-order valence-corrected chi connectivity index (χ1v) is 4.65. The first-order valence-electron chi connectivity index (χ1n) is 4.65. The summed E-state index contributed by atoms with van der Waals surface area (Å²) < 4.78 is 5.24. The Balaban J connectivity index is 2.14. The van der Waals surface area contributed by atoms with Gasteiger partial charge in [0.05, 0.1) is 11.5 Å². The van der Waals surface area contributed by atoms with Gasteiger partial charge in [-0.05, 0) is 5.56 Å². The molecule has 0 saturated heterocycles. The Morgan fingerprint density at radius 3 is 3.07 bits per heavy atom. The highest BCUT2D eigenvalue weighted by atomic mass is 16.6. The summed E-state index contributed by atoms with van der Waals surface area (Å²) in [5, 5.41) is 10.5. The number of non-ortho nitro benzene ring substituents is 1. The third-order valence-electron chi connectivity index (χ3n) is 2.12. The summed E-state index contributed by atoms with van der Waals surface area (Å²) in [6.45, 7) is 1.30. The first kappa shape index (κ1) is 9.64. The summed E-state index contributed by atoms with van der Waals surface area (Å²) in [6.07, 6.45) is 0.529. The molecule has 1 heterocycles. The molecule has 0 atom stereocenters. The zero-order valence-electron chi connectivity index (χ0n) is 8.05. The van der Waals surface area contributed by atoms with Crippen LogP contribution in [-0.4, -0.2) is 24.0 Å². The van der Waals surface area contributed by atoms with Gasteiger partial charge in [0, 0.05) is 18.6 Å². The van der Waals surface area contributed by atoms with Gasteiger partial charge >= 0.3 is 0 Å². The van der Waals surface area contributed by atoms with Crippen molar-refractivity contribution in [2.75, 3.05) is 13.2 Å². The number of rotatable bonds is 3. The molecule has 15 heavy (non-hydrogen) atoms. The van der Waals surface area contributed by atoms with E-state index >= 15 is 0 Å². The Labute approximate surface area is 86.5 Å². The van der Waals surface area contributed by atoms with Gasteiger partial charge in [0.1, 0.15) is 6.61 Å². The summed E-state index contributed by atoms with van der Waals surface area (Å²) in [5.74, 6) is 0.662. The predicted octanol–water partition coefficient (Wildman–Crippen LogP) is 1.57. The van der Waals surface area contributed by atoms with Gasteiger partial charge in [0.2, 0.25) is 0 Å². The third kappa shape index (κ3) is 2.31. The molecule has 0 unspecified atom stereocenters. The van der Waals surface area contributed by atoms with E-state index in [4.69, 9.17) is 4.74 Å². The lowest BCUT2D eigenvalue weighted by molar-refractivity contribution is -0.384. The molecule has 0 bridgehead atoms. The molecule has 5 nitrogen and oxygen atoms in total. The van der Waals surface area contributed by atoms with E-state index in [1.807, 2.05) is 6.07 Å². The molecule has 0 N–H and O–H groups in total. The van der Waals surface area contributed by atoms with Gasteiger partial charge in [-0.25, -0.2) is 0 Å². The molecule has 1 aromatic rings. The Morgan fingerprint density at radius 2 is 2.40 bits per heavy atom. The second-order valence-corrected chi connectivity index (χ2v) is 3.23. The van der Waals surface area contributed by atoms with Crippen LogP contribution in [0.15, 0.2) is 29.3 Å². The fourth-order valence-electron chi connectivity index (χ4n) is 1.44. The number of hydrogen-bond acceptors (Lipinski definition) is 4. The van der Waals surface area contributed by atoms with Crippen LogP contribution in [-0.2, 0) is 11.2 Å². The highest BCUT2D eigenvalue weighted by molar-refractivity contribution is 5.79. The fraction of sp³-hybridized carbons (Fsp3) is 0.300. The van der Waals surface area contributed by atoms with E-state index in [2.05, 4.69) is 4.99 Å². The molecule has 0 saturated carbocycles. The van der Waals surface area contributed by atoms with E-state index in [1.165, 1.54) is 6.07 Å². The number of hydrogen-bond donors (Lipinski definition) is 0. The van der Waals surface area contributed by atoms with Crippen LogP contribution < -0.4 is 0 Å². The topological polar surface area (TPSA) is 64.7 Å². The van der Waals surface area contributed by atoms with Gasteiger partial charge in [-0.1, -0.05) is 12.1 Å². The van der Waals surface area contributed by atoms with Gasteiger partial charge in [-0.3, -0.25) is 15.1 Å². The van der Waals surface area contributed by atoms with Gasteiger partial charge in [-0.15, -0.1) is 0 Å². The lowest BCUT2D eigenvalue weighted by Crippen LogP contribution is -2.03. The first-order chi connectivity index (χ1) is 7.25. The normalized spacial score (nSPS) is 14.5. The molecule has 0 aromatic heterocycles. The number of nitro benzene ring substituents is 1. The minimum atomic E-state index is -0.402. The SMILES string of the molecule is O=[N+]([O-])c1cccc(CC2=NCCO2)c1. The number of benzene rings is 1. The van der Waals surface area contributed by atoms with Crippen LogP contribution in [0.25, 0.3) is 0 Å². The van der Waals surface area contributed by atoms with Crippen LogP contribution in [0.1, 0.15) is 5.56 Å². The van der Waals surface area contributed by atoms with Gasteiger partial charge < -0.3 is 4.74 Å². The number of aliphatic imine (C=N–C) groups is 1. The van der Waals surface area contributed by atoms with Crippen molar-refractivity contribution in [2.45, 2.75) is 6.42 Å². The zero-order valence-corrected chi connectivity index (χ0v) is 8.05. The maximum absolute atomic E-state index is 10.5. The van der Waals surface area contributed by atoms with E-state index in [-0.39, 0.29) is 5.69 Å². The summed E-state index contributed by atoms with van der Waals surface area (Å²) in [4.78, 5) is 14.3. The average molecular weight is 206 g/mol. The van der Waals surface area contributed by atoms with Crippen LogP contribution in [0.4, 0.5) is 5.69 Å². The van der Waals surface area contributed by atoms with E-state index in [0.29, 0.717) is 25.5 Å². The van der Waals surface area contributed by atoms with Crippen molar-refractivity contribution < 1.29 is 9.66 Å². The minimum Gasteiger partial charge on any atom is -0.479 e. The van der Waals surface area contributed by atoms with Crippen LogP contribution in [0.5, 0.6) is 0 Å². The van der Waals surface area contributed by atoms with Crippen LogP contribution in [0, 0.1) is 10.1 Å². The molecule has 1 aliphatic rings. The molecule has 2 rings (SSSR count). The van der Waals surface area contributed by atoms with Crippen LogP contribution >= 0.6 is 0 Å². The molecule has 1 aliphatic heterocycles. The Kier molecular flexibility index (Phi) is 2.62. The predicted molar refractivity (Wildman–Crippen MR) is 55.1 cm³/mol. The van der Waals surface area contributed by atoms with Gasteiger partial charge in [0.25, 0.3) is 5.69 Å². The fourth-order valence-corrected chi connectivity index (χ4v) is 1.44. The minimum absolute atomic E-state index is 0.103. The summed E-state index contributed by atoms with van der Waals surface area (Å²) in [6, 6.07) is 6.52. The van der Waals surface area contributed by atoms with Crippen molar-refractivity contribution >= 4 is 11.6 Å². The molecule has 0 amide bonds. The highest BCUT2D eigenvalue weighted by Gasteiger charge is 2.11. The zero-order chi connectivity index (χ0) is 10.7. The van der Waals surface area contributed by atoms with E-state index in [0.717, 1.165) is 5.56 Å². The van der Waals surface area contributed by atoms with Crippen molar-refractivity contribution in [1.82, 2.24) is 0 Å². The summed E-state index contributed by atoms with van der Waals surface area (Å²) >= 11 is 0. The smallest absolute Gasteiger partial charge is 0.269 e. The van der Waals surface area contributed by atoms with Crippen LogP contribution in [0.2, 0.25) is 0 Å². The molecular weight excluding hydrogens is 196 g/mol. The Morgan fingerprint density at radius 1 is 1.53 bits per heavy atom. The largest absolute Gasteiger partial charge is 0.479 e. The van der Waals surface area contributed by atoms with Gasteiger partial charge in [-0.2, -0.15) is 0 Å². The molecule has 78 valence electrons. The Bertz CT molecular complexity index is 415. The average Bonchev–Trinajstić information content (AvgIpc) is 2.71. The lowest BCUT2D eigenvalue weighted by Gasteiger charge is -2.01. The van der Waals surface area contributed by atoms with E-state index in [9.17, 15) is 10.1 Å². The van der Waals surface area contributed by atoms with E-state index < -0.39 is 4.92 Å². The maximum atomic E-state index is 10.5. The molecule has 0 spiro atoms. The van der Waals surface area contributed by atoms with Crippen LogP contribution in [0.3, 0.4) is 0 Å². The van der Waals surface area contributed by atoms with Crippen molar-refractivity contribution in [2.24, 2.45) is 4.99 Å². The van der Waals surface area contributed by atoms with Gasteiger partial charge in [0.15, 0.2) is 5.90 Å². The lowest BCUT2D eigenvalue weighted by atomic mass is 10.1. The maximum Gasteiger partial charge on any atom is 0.269 e. The summed E-state index contributed by atoms with van der Waals surface area (Å²) in [7, 11) is 0. The van der Waals surface area contributed by atoms with Crippen molar-refractivity contribution in [3.63, 3.8) is 0 Å². The standard InChI is InChI=1S/C10H10N2O3/c13-12(14)9-3-1-2-8(6-9)7-10-11-4-5-15-10/h1-3,6H,4-5,7H2. The molecule has 1 aromatic carbocycles. The van der Waals surface area contributed by atoms with Crippen molar-refractivity contribution in [1.29, 1.82) is 0 Å². The Hall–Kier alpha value is -1.91. The van der Waals surface area contributed by atoms with Crippen molar-refractivity contribution in [3.8, 4) is 0 Å². The van der Waals surface area contributed by atoms with Crippen molar-refractivity contribution in [3.05, 3.63) is 39.9 Å². The second kappa shape index (κ2) is 4.08. The monoisotopic (exact) mass is 206 g/mol. The number of nitro groups is 1. The number of ether oxygens (including phenoxy) is 1. The second-order valence-electron chi connectivity index (χ2n) is 3.23. The van der Waals surface area contributed by atoms with E-state index in [1.54, 1.807) is 12.1 Å². The molecular formula is C10H10N2O3. The highest BCUT2D eigenvalue weighted by Crippen LogP contribution is 2.14. The molecule has 0 aliphatic carbocycles. The number of nitrogens with zero attached hydrogens (tertiary/aromatic N) is 2. The third-order valence-corrected chi connectivity index (χ3v) is 2.12. The molecule has 0 fully saturated rings. The quantitative estimate of drug-likeness (QED) is 0.557. The molecule has 5 heteroatoms.